The number of rotatable bonds is 22. The van der Waals surface area contributed by atoms with Gasteiger partial charge in [-0.3, -0.25) is 9.59 Å². The van der Waals surface area contributed by atoms with Crippen molar-refractivity contribution in [2.45, 2.75) is 138 Å². The Morgan fingerprint density at radius 3 is 2.07 bits per heavy atom. The zero-order valence-electron chi connectivity index (χ0n) is 28.8. The molecule has 0 aliphatic carbocycles. The number of carbonyl (C=O) groups excluding carboxylic acids is 4. The lowest BCUT2D eigenvalue weighted by molar-refractivity contribution is -0.154. The fourth-order valence-electron chi connectivity index (χ4n) is 5.73. The number of allylic oxidation sites excluding steroid dienone is 1. The van der Waals surface area contributed by atoms with Crippen LogP contribution in [0.4, 0.5) is 0 Å². The summed E-state index contributed by atoms with van der Waals surface area (Å²) in [6.07, 6.45) is 3.77. The summed E-state index contributed by atoms with van der Waals surface area (Å²) in [5, 5.41) is 40.6. The van der Waals surface area contributed by atoms with Crippen LogP contribution in [0.2, 0.25) is 0 Å². The van der Waals surface area contributed by atoms with E-state index in [9.17, 15) is 39.3 Å². The van der Waals surface area contributed by atoms with E-state index in [0.717, 1.165) is 38.5 Å². The van der Waals surface area contributed by atoms with Gasteiger partial charge in [-0.15, -0.1) is 0 Å². The number of hydrogen-bond acceptors (Lipinski definition) is 10. The first-order valence-electron chi connectivity index (χ1n) is 16.5. The zero-order chi connectivity index (χ0) is 35.4. The third-order valence-electron chi connectivity index (χ3n) is 9.61. The molecule has 46 heavy (non-hydrogen) atoms. The topological polar surface area (TPSA) is 185 Å². The highest BCUT2D eigenvalue weighted by molar-refractivity contribution is 6.12. The molecular formula is C35H56O11. The number of carboxylic acids is 1. The van der Waals surface area contributed by atoms with E-state index in [1.54, 1.807) is 26.8 Å². The Labute approximate surface area is 273 Å². The first-order chi connectivity index (χ1) is 21.3. The van der Waals surface area contributed by atoms with E-state index in [1.165, 1.54) is 13.0 Å². The molecule has 0 saturated heterocycles. The number of Topliss-reactive ketones (excluding diaryl/α,β-unsaturated/α-hetero) is 1. The SMILES string of the molecule is CCC(C)(C=CC(=O)O)CCC[C@H](C)C[C@@H](C)CC[C@H](O)[C@H](C)C(=O)C[C@@H](O)[C@H](C)[C@@H](C)OC(=O)C[C@@H](O)C1=C(C)C(=O)OC1=O. The Balaban J connectivity index is 2.47. The molecule has 0 saturated carbocycles. The van der Waals surface area contributed by atoms with E-state index < -0.39 is 66.5 Å². The molecule has 1 unspecified atom stereocenters. The van der Waals surface area contributed by atoms with Gasteiger partial charge in [0.2, 0.25) is 0 Å². The quantitative estimate of drug-likeness (QED) is 0.0722. The number of aliphatic hydroxyl groups excluding tert-OH is 3. The smallest absolute Gasteiger partial charge is 0.345 e. The van der Waals surface area contributed by atoms with Gasteiger partial charge in [-0.1, -0.05) is 60.5 Å². The summed E-state index contributed by atoms with van der Waals surface area (Å²) in [6, 6.07) is 0. The molecular weight excluding hydrogens is 596 g/mol. The molecule has 1 aliphatic heterocycles. The maximum Gasteiger partial charge on any atom is 0.345 e. The molecule has 4 N–H and O–H groups in total. The summed E-state index contributed by atoms with van der Waals surface area (Å²) in [6.45, 7) is 14.6. The Kier molecular flexibility index (Phi) is 17.0. The van der Waals surface area contributed by atoms with Gasteiger partial charge in [-0.2, -0.15) is 0 Å². The van der Waals surface area contributed by atoms with Crippen molar-refractivity contribution >= 4 is 29.7 Å². The van der Waals surface area contributed by atoms with E-state index >= 15 is 0 Å². The van der Waals surface area contributed by atoms with Crippen LogP contribution in [0, 0.1) is 29.1 Å². The largest absolute Gasteiger partial charge is 0.478 e. The molecule has 0 bridgehead atoms. The lowest BCUT2D eigenvalue weighted by Crippen LogP contribution is -2.36. The van der Waals surface area contributed by atoms with Crippen LogP contribution in [0.15, 0.2) is 23.3 Å². The second-order valence-electron chi connectivity index (χ2n) is 13.7. The number of ketones is 1. The molecule has 0 radical (unpaired) electrons. The van der Waals surface area contributed by atoms with Crippen molar-refractivity contribution in [3.05, 3.63) is 23.3 Å². The van der Waals surface area contributed by atoms with Crippen LogP contribution in [0.25, 0.3) is 0 Å². The minimum absolute atomic E-state index is 0.0723. The van der Waals surface area contributed by atoms with Crippen LogP contribution >= 0.6 is 0 Å². The van der Waals surface area contributed by atoms with E-state index in [4.69, 9.17) is 9.84 Å². The van der Waals surface area contributed by atoms with Gasteiger partial charge in [0.05, 0.1) is 30.3 Å². The summed E-state index contributed by atoms with van der Waals surface area (Å²) >= 11 is 0. The monoisotopic (exact) mass is 652 g/mol. The average molecular weight is 653 g/mol. The van der Waals surface area contributed by atoms with Crippen molar-refractivity contribution in [1.82, 2.24) is 0 Å². The predicted molar refractivity (Wildman–Crippen MR) is 171 cm³/mol. The summed E-state index contributed by atoms with van der Waals surface area (Å²) in [4.78, 5) is 59.4. The molecule has 1 aliphatic rings. The number of carboxylic acid groups (broad SMARTS) is 1. The molecule has 11 heteroatoms. The second kappa shape index (κ2) is 19.1. The molecule has 9 atom stereocenters. The summed E-state index contributed by atoms with van der Waals surface area (Å²) in [5.74, 6) is -4.48. The summed E-state index contributed by atoms with van der Waals surface area (Å²) in [7, 11) is 0. The summed E-state index contributed by atoms with van der Waals surface area (Å²) < 4.78 is 9.74. The highest BCUT2D eigenvalue weighted by atomic mass is 16.6. The molecule has 0 fully saturated rings. The van der Waals surface area contributed by atoms with E-state index in [-0.39, 0.29) is 28.8 Å². The highest BCUT2D eigenvalue weighted by Crippen LogP contribution is 2.32. The lowest BCUT2D eigenvalue weighted by Gasteiger charge is -2.27. The number of ether oxygens (including phenoxy) is 2. The average Bonchev–Trinajstić information content (AvgIpc) is 3.23. The minimum Gasteiger partial charge on any atom is -0.478 e. The van der Waals surface area contributed by atoms with Gasteiger partial charge in [0.25, 0.3) is 0 Å². The van der Waals surface area contributed by atoms with Gasteiger partial charge in [-0.05, 0) is 63.2 Å². The van der Waals surface area contributed by atoms with Crippen LogP contribution < -0.4 is 0 Å². The third kappa shape index (κ3) is 13.5. The van der Waals surface area contributed by atoms with Gasteiger partial charge in [-0.25, -0.2) is 14.4 Å². The van der Waals surface area contributed by atoms with Gasteiger partial charge in [0.15, 0.2) is 0 Å². The molecule has 11 nitrogen and oxygen atoms in total. The van der Waals surface area contributed by atoms with Crippen molar-refractivity contribution in [3.8, 4) is 0 Å². The van der Waals surface area contributed by atoms with Gasteiger partial charge < -0.3 is 29.9 Å². The maximum absolute atomic E-state index is 12.9. The second-order valence-corrected chi connectivity index (χ2v) is 13.7. The predicted octanol–water partition coefficient (Wildman–Crippen LogP) is 4.69. The fraction of sp³-hybridized carbons (Fsp3) is 0.743. The number of carbonyl (C=O) groups is 5. The fourth-order valence-corrected chi connectivity index (χ4v) is 5.73. The van der Waals surface area contributed by atoms with E-state index in [1.807, 2.05) is 0 Å². The normalized spacial score (nSPS) is 20.3. The molecule has 0 amide bonds. The number of hydrogen-bond donors (Lipinski definition) is 4. The standard InChI is InChI=1S/C35H56O11/c1-9-35(8,16-14-30(40)41)15-10-11-20(2)17-21(3)12-13-26(36)23(5)28(38)18-27(37)22(4)25(7)45-31(42)19-29(39)32-24(6)33(43)46-34(32)44/h14,16,20-23,25-27,29,36-37,39H,9-13,15,17-19H2,1-8H3,(H,40,41)/t20-,21-,22+,23-,25+,26-,27+,29+,35?/m0/s1. The van der Waals surface area contributed by atoms with Gasteiger partial charge in [0.1, 0.15) is 11.9 Å². The first-order valence-corrected chi connectivity index (χ1v) is 16.5. The lowest BCUT2D eigenvalue weighted by atomic mass is 9.80. The van der Waals surface area contributed by atoms with Gasteiger partial charge >= 0.3 is 23.9 Å². The Morgan fingerprint density at radius 1 is 0.913 bits per heavy atom. The zero-order valence-corrected chi connectivity index (χ0v) is 28.8. The maximum atomic E-state index is 12.9. The Morgan fingerprint density at radius 2 is 1.52 bits per heavy atom. The Hall–Kier alpha value is -2.89. The van der Waals surface area contributed by atoms with Crippen LogP contribution in [0.1, 0.15) is 113 Å². The minimum atomic E-state index is -1.58. The van der Waals surface area contributed by atoms with Crippen LogP contribution in [0.5, 0.6) is 0 Å². The van der Waals surface area contributed by atoms with E-state index in [0.29, 0.717) is 18.3 Å². The van der Waals surface area contributed by atoms with Crippen molar-refractivity contribution in [1.29, 1.82) is 0 Å². The van der Waals surface area contributed by atoms with Crippen molar-refractivity contribution in [2.75, 3.05) is 0 Å². The number of cyclic esters (lactones) is 2. The molecule has 0 aromatic rings. The molecule has 0 spiro atoms. The van der Waals surface area contributed by atoms with Crippen molar-refractivity contribution < 1.29 is 53.9 Å². The highest BCUT2D eigenvalue weighted by Gasteiger charge is 2.36. The molecule has 0 aromatic carbocycles. The molecule has 0 aromatic heterocycles. The Bertz CT molecular complexity index is 1130. The molecule has 262 valence electrons. The van der Waals surface area contributed by atoms with Gasteiger partial charge in [0, 0.05) is 29.9 Å². The van der Waals surface area contributed by atoms with Crippen LogP contribution in [-0.4, -0.2) is 74.5 Å². The number of aliphatic carboxylic acids is 1. The number of aliphatic hydroxyl groups is 3. The first kappa shape index (κ1) is 41.1. The summed E-state index contributed by atoms with van der Waals surface area (Å²) in [5.41, 5.74) is -0.497. The van der Waals surface area contributed by atoms with E-state index in [2.05, 4.69) is 32.4 Å². The van der Waals surface area contributed by atoms with Crippen LogP contribution in [0.3, 0.4) is 0 Å². The van der Waals surface area contributed by atoms with Crippen LogP contribution in [-0.2, 0) is 33.4 Å². The van der Waals surface area contributed by atoms with Crippen molar-refractivity contribution in [2.24, 2.45) is 29.1 Å². The van der Waals surface area contributed by atoms with Crippen molar-refractivity contribution in [3.63, 3.8) is 0 Å². The molecule has 1 heterocycles. The third-order valence-corrected chi connectivity index (χ3v) is 9.61. The number of esters is 3. The molecule has 1 rings (SSSR count).